The number of rotatable bonds is 7. The molecule has 0 aliphatic heterocycles. The van der Waals surface area contributed by atoms with E-state index in [0.29, 0.717) is 17.8 Å². The molecule has 2 N–H and O–H groups in total. The molecule has 6 heteroatoms. The minimum atomic E-state index is -0.344. The molecule has 1 aromatic heterocycles. The number of carbonyl (C=O) groups excluding carboxylic acids is 2. The van der Waals surface area contributed by atoms with E-state index in [4.69, 9.17) is 0 Å². The summed E-state index contributed by atoms with van der Waals surface area (Å²) >= 11 is 0. The fourth-order valence-corrected chi connectivity index (χ4v) is 2.11. The van der Waals surface area contributed by atoms with Crippen molar-refractivity contribution in [2.45, 2.75) is 6.42 Å². The second kappa shape index (κ2) is 8.79. The SMILES string of the molecule is CN(C)CCCNC(=O)c1ccnc(C(=O)Nc2ccccc2)c1. The maximum absolute atomic E-state index is 12.2. The van der Waals surface area contributed by atoms with Crippen LogP contribution in [0.2, 0.25) is 0 Å². The predicted molar refractivity (Wildman–Crippen MR) is 94.1 cm³/mol. The number of amides is 2. The topological polar surface area (TPSA) is 74.3 Å². The fraction of sp³-hybridized carbons (Fsp3) is 0.278. The Balaban J connectivity index is 1.95. The molecule has 1 aromatic carbocycles. The molecule has 0 fully saturated rings. The van der Waals surface area contributed by atoms with E-state index in [0.717, 1.165) is 13.0 Å². The maximum atomic E-state index is 12.2. The zero-order chi connectivity index (χ0) is 17.4. The minimum absolute atomic E-state index is 0.204. The van der Waals surface area contributed by atoms with Crippen LogP contribution in [0.4, 0.5) is 5.69 Å². The summed E-state index contributed by atoms with van der Waals surface area (Å²) in [7, 11) is 3.98. The second-order valence-corrected chi connectivity index (χ2v) is 5.66. The highest BCUT2D eigenvalue weighted by molar-refractivity contribution is 6.04. The number of pyridine rings is 1. The molecule has 0 aliphatic carbocycles. The third kappa shape index (κ3) is 5.48. The number of carbonyl (C=O) groups is 2. The molecule has 2 rings (SSSR count). The Hall–Kier alpha value is -2.73. The normalized spacial score (nSPS) is 10.5. The van der Waals surface area contributed by atoms with Crippen LogP contribution in [0.1, 0.15) is 27.3 Å². The molecule has 2 amide bonds. The zero-order valence-electron chi connectivity index (χ0n) is 14.0. The smallest absolute Gasteiger partial charge is 0.274 e. The molecule has 24 heavy (non-hydrogen) atoms. The molecular weight excluding hydrogens is 304 g/mol. The number of nitrogens with one attached hydrogen (secondary N) is 2. The third-order valence-electron chi connectivity index (χ3n) is 3.35. The van der Waals surface area contributed by atoms with Gasteiger partial charge in [-0.05, 0) is 51.3 Å². The van der Waals surface area contributed by atoms with Crippen LogP contribution in [0.3, 0.4) is 0 Å². The first-order chi connectivity index (χ1) is 11.6. The first-order valence-corrected chi connectivity index (χ1v) is 7.81. The van der Waals surface area contributed by atoms with Crippen molar-refractivity contribution in [3.63, 3.8) is 0 Å². The lowest BCUT2D eigenvalue weighted by Crippen LogP contribution is -2.27. The zero-order valence-corrected chi connectivity index (χ0v) is 14.0. The van der Waals surface area contributed by atoms with Crippen molar-refractivity contribution in [3.05, 3.63) is 59.9 Å². The Bertz CT molecular complexity index is 686. The molecule has 0 bridgehead atoms. The molecule has 1 heterocycles. The number of anilines is 1. The van der Waals surface area contributed by atoms with Crippen molar-refractivity contribution in [2.75, 3.05) is 32.5 Å². The fourth-order valence-electron chi connectivity index (χ4n) is 2.11. The molecule has 0 atom stereocenters. The van der Waals surface area contributed by atoms with Gasteiger partial charge in [0.05, 0.1) is 0 Å². The van der Waals surface area contributed by atoms with Gasteiger partial charge in [0.25, 0.3) is 11.8 Å². The number of nitrogens with zero attached hydrogens (tertiary/aromatic N) is 2. The summed E-state index contributed by atoms with van der Waals surface area (Å²) in [6.45, 7) is 1.49. The first-order valence-electron chi connectivity index (χ1n) is 7.81. The highest BCUT2D eigenvalue weighted by Gasteiger charge is 2.11. The summed E-state index contributed by atoms with van der Waals surface area (Å²) < 4.78 is 0. The van der Waals surface area contributed by atoms with E-state index in [1.54, 1.807) is 18.2 Å². The second-order valence-electron chi connectivity index (χ2n) is 5.66. The summed E-state index contributed by atoms with van der Waals surface area (Å²) in [6.07, 6.45) is 2.33. The lowest BCUT2D eigenvalue weighted by Gasteiger charge is -2.10. The summed E-state index contributed by atoms with van der Waals surface area (Å²) in [5.41, 5.74) is 1.32. The Labute approximate surface area is 141 Å². The standard InChI is InChI=1S/C18H22N4O2/c1-22(2)12-6-10-20-17(23)14-9-11-19-16(13-14)18(24)21-15-7-4-3-5-8-15/h3-5,7-9,11,13H,6,10,12H2,1-2H3,(H,20,23)(H,21,24). The molecule has 0 unspecified atom stereocenters. The quantitative estimate of drug-likeness (QED) is 0.763. The van der Waals surface area contributed by atoms with Crippen molar-refractivity contribution in [1.82, 2.24) is 15.2 Å². The highest BCUT2D eigenvalue weighted by atomic mass is 16.2. The van der Waals surface area contributed by atoms with Gasteiger partial charge in [-0.25, -0.2) is 0 Å². The van der Waals surface area contributed by atoms with E-state index in [1.165, 1.54) is 12.3 Å². The van der Waals surface area contributed by atoms with Gasteiger partial charge in [-0.15, -0.1) is 0 Å². The number of aromatic nitrogens is 1. The molecule has 0 aliphatic rings. The van der Waals surface area contributed by atoms with Crippen molar-refractivity contribution >= 4 is 17.5 Å². The Kier molecular flexibility index (Phi) is 6.45. The maximum Gasteiger partial charge on any atom is 0.274 e. The van der Waals surface area contributed by atoms with Crippen LogP contribution >= 0.6 is 0 Å². The molecule has 0 saturated carbocycles. The number of hydrogen-bond acceptors (Lipinski definition) is 4. The largest absolute Gasteiger partial charge is 0.352 e. The Morgan fingerprint density at radius 2 is 1.83 bits per heavy atom. The number of para-hydroxylation sites is 1. The van der Waals surface area contributed by atoms with E-state index in [2.05, 4.69) is 20.5 Å². The van der Waals surface area contributed by atoms with Crippen LogP contribution in [0.25, 0.3) is 0 Å². The lowest BCUT2D eigenvalue weighted by molar-refractivity contribution is 0.0952. The van der Waals surface area contributed by atoms with Gasteiger partial charge in [-0.3, -0.25) is 14.6 Å². The van der Waals surface area contributed by atoms with Crippen LogP contribution in [0.5, 0.6) is 0 Å². The minimum Gasteiger partial charge on any atom is -0.352 e. The summed E-state index contributed by atoms with van der Waals surface area (Å²) in [5.74, 6) is -0.548. The van der Waals surface area contributed by atoms with Crippen LogP contribution in [0.15, 0.2) is 48.7 Å². The average Bonchev–Trinajstić information content (AvgIpc) is 2.59. The van der Waals surface area contributed by atoms with Gasteiger partial charge < -0.3 is 15.5 Å². The monoisotopic (exact) mass is 326 g/mol. The van der Waals surface area contributed by atoms with Crippen LogP contribution < -0.4 is 10.6 Å². The molecule has 0 saturated heterocycles. The van der Waals surface area contributed by atoms with Crippen molar-refractivity contribution < 1.29 is 9.59 Å². The van der Waals surface area contributed by atoms with Gasteiger partial charge in [0, 0.05) is 24.0 Å². The molecule has 2 aromatic rings. The molecule has 0 radical (unpaired) electrons. The van der Waals surface area contributed by atoms with Crippen LogP contribution in [0, 0.1) is 0 Å². The Morgan fingerprint density at radius 1 is 1.08 bits per heavy atom. The lowest BCUT2D eigenvalue weighted by atomic mass is 10.2. The van der Waals surface area contributed by atoms with Crippen molar-refractivity contribution in [3.8, 4) is 0 Å². The van der Waals surface area contributed by atoms with E-state index in [9.17, 15) is 9.59 Å². The average molecular weight is 326 g/mol. The van der Waals surface area contributed by atoms with E-state index in [-0.39, 0.29) is 17.5 Å². The molecule has 0 spiro atoms. The number of benzene rings is 1. The van der Waals surface area contributed by atoms with E-state index >= 15 is 0 Å². The summed E-state index contributed by atoms with van der Waals surface area (Å²) in [4.78, 5) is 30.5. The third-order valence-corrected chi connectivity index (χ3v) is 3.35. The van der Waals surface area contributed by atoms with Crippen LogP contribution in [-0.4, -0.2) is 48.9 Å². The van der Waals surface area contributed by atoms with E-state index in [1.807, 2.05) is 32.3 Å². The van der Waals surface area contributed by atoms with Crippen LogP contribution in [-0.2, 0) is 0 Å². The van der Waals surface area contributed by atoms with Gasteiger partial charge in [-0.1, -0.05) is 18.2 Å². The highest BCUT2D eigenvalue weighted by Crippen LogP contribution is 2.08. The first kappa shape index (κ1) is 17.6. The van der Waals surface area contributed by atoms with Gasteiger partial charge >= 0.3 is 0 Å². The Morgan fingerprint density at radius 3 is 2.54 bits per heavy atom. The van der Waals surface area contributed by atoms with Gasteiger partial charge in [-0.2, -0.15) is 0 Å². The van der Waals surface area contributed by atoms with Gasteiger partial charge in [0.15, 0.2) is 0 Å². The summed E-state index contributed by atoms with van der Waals surface area (Å²) in [6, 6.07) is 12.2. The number of hydrogen-bond donors (Lipinski definition) is 2. The summed E-state index contributed by atoms with van der Waals surface area (Å²) in [5, 5.41) is 5.60. The molecule has 126 valence electrons. The predicted octanol–water partition coefficient (Wildman–Crippen LogP) is 2.02. The molecule has 6 nitrogen and oxygen atoms in total. The molecular formula is C18H22N4O2. The van der Waals surface area contributed by atoms with Crippen molar-refractivity contribution in [2.24, 2.45) is 0 Å². The van der Waals surface area contributed by atoms with Gasteiger partial charge in [0.2, 0.25) is 0 Å². The van der Waals surface area contributed by atoms with Gasteiger partial charge in [0.1, 0.15) is 5.69 Å². The van der Waals surface area contributed by atoms with E-state index < -0.39 is 0 Å². The van der Waals surface area contributed by atoms with Crippen molar-refractivity contribution in [1.29, 1.82) is 0 Å².